The highest BCUT2D eigenvalue weighted by atomic mass is 19.3. The maximum atomic E-state index is 17.6. The van der Waals surface area contributed by atoms with Gasteiger partial charge in [0, 0.05) is 44.9 Å². The van der Waals surface area contributed by atoms with Gasteiger partial charge >= 0.3 is 0 Å². The Bertz CT molecular complexity index is 2890. The summed E-state index contributed by atoms with van der Waals surface area (Å²) in [7, 11) is 0. The predicted molar refractivity (Wildman–Crippen MR) is 246 cm³/mol. The molecule has 0 radical (unpaired) electrons. The van der Waals surface area contributed by atoms with Crippen molar-refractivity contribution in [1.82, 2.24) is 9.55 Å². The van der Waals surface area contributed by atoms with Gasteiger partial charge < -0.3 is 9.80 Å². The Morgan fingerprint density at radius 3 is 1.80 bits per heavy atom. The molecule has 8 aromatic rings. The molecule has 1 aliphatic heterocycles. The Labute approximate surface area is 352 Å². The van der Waals surface area contributed by atoms with Gasteiger partial charge in [0.25, 0.3) is 5.92 Å². The number of aromatic nitrogens is 2. The first-order chi connectivity index (χ1) is 28.5. The van der Waals surface area contributed by atoms with E-state index in [1.807, 2.05) is 59.3 Å². The quantitative estimate of drug-likeness (QED) is 0.161. The summed E-state index contributed by atoms with van der Waals surface area (Å²) in [4.78, 5) is 9.36. The summed E-state index contributed by atoms with van der Waals surface area (Å²) in [6, 6.07) is 50.0. The molecule has 0 bridgehead atoms. The van der Waals surface area contributed by atoms with Crippen LogP contribution >= 0.6 is 0 Å². The first-order valence-corrected chi connectivity index (χ1v) is 20.9. The van der Waals surface area contributed by atoms with Crippen LogP contribution in [0.25, 0.3) is 27.6 Å². The van der Waals surface area contributed by atoms with Gasteiger partial charge in [0.15, 0.2) is 0 Å². The standard InChI is InChI=1S/C54H52F2N4/c1-51(2,3)39-30-40(32-41(31-39)58-35-59(48-25-17-16-24-47(48)58)46-23-15-13-21-44(46)52(4,5)6)54(55,56)38-26-27-43-42-20-12-14-22-45(42)60(49(43)33-38)50-34-37(28-29-57-50)53(7,8)36-18-10-9-11-19-36/h9-34H,35H2,1-8H3. The average Bonchev–Trinajstić information content (AvgIpc) is 3.79. The van der Waals surface area contributed by atoms with Gasteiger partial charge in [0.05, 0.1) is 22.4 Å². The van der Waals surface area contributed by atoms with E-state index in [9.17, 15) is 0 Å². The molecule has 0 saturated heterocycles. The molecule has 0 amide bonds. The van der Waals surface area contributed by atoms with Crippen LogP contribution in [-0.2, 0) is 22.2 Å². The van der Waals surface area contributed by atoms with Crippen molar-refractivity contribution in [3.63, 3.8) is 0 Å². The minimum Gasteiger partial charge on any atom is -0.321 e. The maximum Gasteiger partial charge on any atom is 0.298 e. The number of para-hydroxylation sites is 4. The van der Waals surface area contributed by atoms with Crippen LogP contribution in [0.5, 0.6) is 0 Å². The molecule has 302 valence electrons. The number of anilines is 4. The summed E-state index contributed by atoms with van der Waals surface area (Å²) >= 11 is 0. The van der Waals surface area contributed by atoms with E-state index in [1.54, 1.807) is 24.3 Å². The minimum absolute atomic E-state index is 0.0392. The number of hydrogen-bond acceptors (Lipinski definition) is 3. The predicted octanol–water partition coefficient (Wildman–Crippen LogP) is 14.5. The number of hydrogen-bond donors (Lipinski definition) is 0. The number of benzene rings is 6. The average molecular weight is 795 g/mol. The maximum absolute atomic E-state index is 17.6. The molecular weight excluding hydrogens is 743 g/mol. The van der Waals surface area contributed by atoms with Crippen molar-refractivity contribution in [3.05, 3.63) is 191 Å². The molecule has 0 atom stereocenters. The lowest BCUT2D eigenvalue weighted by Crippen LogP contribution is -2.27. The Kier molecular flexibility index (Phi) is 9.27. The first-order valence-electron chi connectivity index (χ1n) is 20.9. The van der Waals surface area contributed by atoms with Gasteiger partial charge in [-0.25, -0.2) is 4.98 Å². The number of alkyl halides is 2. The molecule has 0 fully saturated rings. The van der Waals surface area contributed by atoms with Gasteiger partial charge in [0.1, 0.15) is 12.5 Å². The fraction of sp³-hybridized carbons (Fsp3) is 0.241. The van der Waals surface area contributed by atoms with Crippen molar-refractivity contribution in [1.29, 1.82) is 0 Å². The lowest BCUT2D eigenvalue weighted by molar-refractivity contribution is 0.0428. The largest absolute Gasteiger partial charge is 0.321 e. The molecule has 6 aromatic carbocycles. The zero-order chi connectivity index (χ0) is 42.2. The van der Waals surface area contributed by atoms with Crippen LogP contribution in [0.3, 0.4) is 0 Å². The molecule has 9 rings (SSSR count). The van der Waals surface area contributed by atoms with Crippen LogP contribution in [-0.4, -0.2) is 16.2 Å². The summed E-state index contributed by atoms with van der Waals surface area (Å²) in [6.45, 7) is 17.8. The van der Waals surface area contributed by atoms with E-state index in [4.69, 9.17) is 4.98 Å². The van der Waals surface area contributed by atoms with Gasteiger partial charge in [-0.15, -0.1) is 0 Å². The fourth-order valence-electron chi connectivity index (χ4n) is 8.90. The van der Waals surface area contributed by atoms with Crippen LogP contribution in [0.4, 0.5) is 31.5 Å². The van der Waals surface area contributed by atoms with E-state index in [1.165, 1.54) is 11.1 Å². The highest BCUT2D eigenvalue weighted by molar-refractivity contribution is 6.09. The molecule has 0 N–H and O–H groups in total. The van der Waals surface area contributed by atoms with E-state index >= 15 is 8.78 Å². The van der Waals surface area contributed by atoms with Gasteiger partial charge in [0.2, 0.25) is 0 Å². The molecule has 2 aromatic heterocycles. The monoisotopic (exact) mass is 794 g/mol. The summed E-state index contributed by atoms with van der Waals surface area (Å²) < 4.78 is 37.3. The van der Waals surface area contributed by atoms with Crippen molar-refractivity contribution >= 4 is 44.6 Å². The highest BCUT2D eigenvalue weighted by Gasteiger charge is 2.38. The van der Waals surface area contributed by atoms with Crippen LogP contribution < -0.4 is 9.80 Å². The summed E-state index contributed by atoms with van der Waals surface area (Å²) in [6.07, 6.45) is 1.83. The minimum atomic E-state index is -3.33. The molecule has 6 heteroatoms. The van der Waals surface area contributed by atoms with E-state index < -0.39 is 5.92 Å². The number of rotatable bonds is 7. The summed E-state index contributed by atoms with van der Waals surface area (Å²) in [5.41, 5.74) is 8.92. The Balaban J connectivity index is 1.17. The van der Waals surface area contributed by atoms with Crippen LogP contribution in [0.2, 0.25) is 0 Å². The second-order valence-corrected chi connectivity index (χ2v) is 18.8. The third kappa shape index (κ3) is 6.63. The summed E-state index contributed by atoms with van der Waals surface area (Å²) in [5, 5.41) is 1.88. The molecular formula is C54H52F2N4. The van der Waals surface area contributed by atoms with E-state index in [2.05, 4.69) is 144 Å². The molecule has 0 saturated carbocycles. The smallest absolute Gasteiger partial charge is 0.298 e. The third-order valence-corrected chi connectivity index (χ3v) is 12.4. The molecule has 3 heterocycles. The van der Waals surface area contributed by atoms with Gasteiger partial charge in [-0.05, 0) is 93.7 Å². The van der Waals surface area contributed by atoms with Crippen molar-refractivity contribution < 1.29 is 8.78 Å². The lowest BCUT2D eigenvalue weighted by atomic mass is 9.78. The van der Waals surface area contributed by atoms with Gasteiger partial charge in [-0.3, -0.25) is 4.57 Å². The third-order valence-electron chi connectivity index (χ3n) is 12.4. The van der Waals surface area contributed by atoms with E-state index in [-0.39, 0.29) is 27.4 Å². The van der Waals surface area contributed by atoms with E-state index in [0.29, 0.717) is 18.0 Å². The molecule has 0 unspecified atom stereocenters. The Morgan fingerprint density at radius 1 is 0.467 bits per heavy atom. The molecule has 4 nitrogen and oxygen atoms in total. The topological polar surface area (TPSA) is 24.3 Å². The van der Waals surface area contributed by atoms with Crippen molar-refractivity contribution in [2.75, 3.05) is 16.5 Å². The number of pyridine rings is 1. The first kappa shape index (κ1) is 39.2. The fourth-order valence-corrected chi connectivity index (χ4v) is 8.90. The van der Waals surface area contributed by atoms with Crippen LogP contribution in [0.15, 0.2) is 158 Å². The second-order valence-electron chi connectivity index (χ2n) is 18.8. The summed E-state index contributed by atoms with van der Waals surface area (Å²) in [5.74, 6) is -2.64. The zero-order valence-electron chi connectivity index (χ0n) is 35.8. The molecule has 60 heavy (non-hydrogen) atoms. The Morgan fingerprint density at radius 2 is 1.08 bits per heavy atom. The lowest BCUT2D eigenvalue weighted by Gasteiger charge is -2.30. The zero-order valence-corrected chi connectivity index (χ0v) is 35.8. The van der Waals surface area contributed by atoms with Crippen molar-refractivity contribution in [2.24, 2.45) is 0 Å². The van der Waals surface area contributed by atoms with Gasteiger partial charge in [-0.2, -0.15) is 8.78 Å². The molecule has 0 aliphatic carbocycles. The van der Waals surface area contributed by atoms with Crippen molar-refractivity contribution in [2.45, 2.75) is 77.6 Å². The number of nitrogens with zero attached hydrogens (tertiary/aromatic N) is 4. The van der Waals surface area contributed by atoms with Crippen LogP contribution in [0, 0.1) is 0 Å². The van der Waals surface area contributed by atoms with E-state index in [0.717, 1.165) is 50.2 Å². The second kappa shape index (κ2) is 14.2. The molecule has 1 aliphatic rings. The van der Waals surface area contributed by atoms with Gasteiger partial charge in [-0.1, -0.05) is 146 Å². The normalized spacial score (nSPS) is 13.7. The number of fused-ring (bicyclic) bond motifs is 4. The number of halogens is 2. The SMILES string of the molecule is CC(C)(C)c1cc(N2CN(c3ccccc3C(C)(C)C)c3ccccc32)cc(C(F)(F)c2ccc3c4ccccc4n(-c4cc(C(C)(C)c5ccccc5)ccn4)c3c2)c1. The molecule has 0 spiro atoms. The Hall–Kier alpha value is -6.27. The van der Waals surface area contributed by atoms with Crippen LogP contribution in [0.1, 0.15) is 88.8 Å². The van der Waals surface area contributed by atoms with Crippen molar-refractivity contribution in [3.8, 4) is 5.82 Å². The highest BCUT2D eigenvalue weighted by Crippen LogP contribution is 2.49.